The van der Waals surface area contributed by atoms with Crippen molar-refractivity contribution in [3.8, 4) is 0 Å². The molecule has 3 rings (SSSR count). The Balaban J connectivity index is 1.60. The average molecular weight is 259 g/mol. The minimum atomic E-state index is 0.841. The Labute approximate surface area is 111 Å². The first kappa shape index (κ1) is 11.5. The monoisotopic (exact) mass is 259 g/mol. The predicted octanol–water partition coefficient (Wildman–Crippen LogP) is 3.36. The Kier molecular flexibility index (Phi) is 3.46. The first-order valence-corrected chi connectivity index (χ1v) is 7.27. The van der Waals surface area contributed by atoms with Gasteiger partial charge in [-0.15, -0.1) is 11.3 Å². The standard InChI is InChI=1S/C14H17N3S/c1-2-9-17(8-1)13-5-3-12(4-6-13)11-16-14-15-7-10-18-14/h3-7,10H,1-2,8-9,11H2,(H,15,16). The molecule has 1 N–H and O–H groups in total. The second-order valence-electron chi connectivity index (χ2n) is 4.55. The highest BCUT2D eigenvalue weighted by atomic mass is 32.1. The first-order chi connectivity index (χ1) is 8.92. The molecule has 2 heterocycles. The van der Waals surface area contributed by atoms with Gasteiger partial charge in [0.25, 0.3) is 0 Å². The van der Waals surface area contributed by atoms with Gasteiger partial charge in [0.2, 0.25) is 0 Å². The SMILES string of the molecule is c1csc(NCc2ccc(N3CCCC3)cc2)n1. The van der Waals surface area contributed by atoms with E-state index in [1.165, 1.54) is 37.2 Å². The van der Waals surface area contributed by atoms with Crippen LogP contribution in [0, 0.1) is 0 Å². The van der Waals surface area contributed by atoms with E-state index < -0.39 is 0 Å². The Morgan fingerprint density at radius 2 is 1.94 bits per heavy atom. The highest BCUT2D eigenvalue weighted by molar-refractivity contribution is 7.13. The molecule has 0 spiro atoms. The molecule has 3 nitrogen and oxygen atoms in total. The van der Waals surface area contributed by atoms with Crippen LogP contribution in [0.2, 0.25) is 0 Å². The summed E-state index contributed by atoms with van der Waals surface area (Å²) in [6.45, 7) is 3.25. The van der Waals surface area contributed by atoms with E-state index in [2.05, 4.69) is 39.5 Å². The molecule has 1 aliphatic rings. The maximum atomic E-state index is 4.21. The molecule has 18 heavy (non-hydrogen) atoms. The van der Waals surface area contributed by atoms with Gasteiger partial charge in [0.05, 0.1) is 0 Å². The quantitative estimate of drug-likeness (QED) is 0.912. The van der Waals surface area contributed by atoms with E-state index in [0.717, 1.165) is 11.7 Å². The lowest BCUT2D eigenvalue weighted by atomic mass is 10.2. The van der Waals surface area contributed by atoms with Gasteiger partial charge in [0.1, 0.15) is 0 Å². The van der Waals surface area contributed by atoms with Crippen molar-refractivity contribution >= 4 is 22.2 Å². The van der Waals surface area contributed by atoms with Gasteiger partial charge >= 0.3 is 0 Å². The number of nitrogens with zero attached hydrogens (tertiary/aromatic N) is 2. The number of nitrogens with one attached hydrogen (secondary N) is 1. The number of rotatable bonds is 4. The van der Waals surface area contributed by atoms with Gasteiger partial charge in [0.15, 0.2) is 5.13 Å². The van der Waals surface area contributed by atoms with Gasteiger partial charge in [0, 0.05) is 36.9 Å². The van der Waals surface area contributed by atoms with Crippen molar-refractivity contribution < 1.29 is 0 Å². The molecular weight excluding hydrogens is 242 g/mol. The van der Waals surface area contributed by atoms with Crippen molar-refractivity contribution in [2.45, 2.75) is 19.4 Å². The highest BCUT2D eigenvalue weighted by Crippen LogP contribution is 2.21. The number of hydrogen-bond acceptors (Lipinski definition) is 4. The summed E-state index contributed by atoms with van der Waals surface area (Å²) in [4.78, 5) is 6.67. The van der Waals surface area contributed by atoms with Gasteiger partial charge in [-0.2, -0.15) is 0 Å². The normalized spacial score (nSPS) is 15.0. The summed E-state index contributed by atoms with van der Waals surface area (Å²) < 4.78 is 0. The number of anilines is 2. The summed E-state index contributed by atoms with van der Waals surface area (Å²) in [5, 5.41) is 6.29. The van der Waals surface area contributed by atoms with E-state index in [9.17, 15) is 0 Å². The Morgan fingerprint density at radius 3 is 2.61 bits per heavy atom. The lowest BCUT2D eigenvalue weighted by molar-refractivity contribution is 0.949. The molecule has 0 unspecified atom stereocenters. The second-order valence-corrected chi connectivity index (χ2v) is 5.45. The highest BCUT2D eigenvalue weighted by Gasteiger charge is 2.11. The molecule has 1 saturated heterocycles. The van der Waals surface area contributed by atoms with Crippen LogP contribution in [0.5, 0.6) is 0 Å². The van der Waals surface area contributed by atoms with Crippen molar-refractivity contribution in [3.63, 3.8) is 0 Å². The van der Waals surface area contributed by atoms with E-state index in [0.29, 0.717) is 0 Å². The molecule has 1 aliphatic heterocycles. The van der Waals surface area contributed by atoms with Crippen LogP contribution < -0.4 is 10.2 Å². The van der Waals surface area contributed by atoms with Crippen molar-refractivity contribution in [2.24, 2.45) is 0 Å². The molecule has 0 saturated carbocycles. The van der Waals surface area contributed by atoms with E-state index in [1.54, 1.807) is 11.3 Å². The van der Waals surface area contributed by atoms with Crippen molar-refractivity contribution in [1.82, 2.24) is 4.98 Å². The molecule has 0 amide bonds. The summed E-state index contributed by atoms with van der Waals surface area (Å²) in [6, 6.07) is 8.86. The number of benzene rings is 1. The topological polar surface area (TPSA) is 28.2 Å². The molecule has 0 bridgehead atoms. The van der Waals surface area contributed by atoms with Crippen LogP contribution in [0.1, 0.15) is 18.4 Å². The largest absolute Gasteiger partial charge is 0.372 e. The van der Waals surface area contributed by atoms with E-state index in [-0.39, 0.29) is 0 Å². The fraction of sp³-hybridized carbons (Fsp3) is 0.357. The molecular formula is C14H17N3S. The van der Waals surface area contributed by atoms with Crippen molar-refractivity contribution in [2.75, 3.05) is 23.3 Å². The van der Waals surface area contributed by atoms with Crippen molar-refractivity contribution in [1.29, 1.82) is 0 Å². The number of hydrogen-bond donors (Lipinski definition) is 1. The van der Waals surface area contributed by atoms with Crippen LogP contribution >= 0.6 is 11.3 Å². The summed E-state index contributed by atoms with van der Waals surface area (Å²) in [7, 11) is 0. The van der Waals surface area contributed by atoms with Crippen LogP contribution in [0.4, 0.5) is 10.8 Å². The van der Waals surface area contributed by atoms with E-state index >= 15 is 0 Å². The van der Waals surface area contributed by atoms with Gasteiger partial charge in [-0.05, 0) is 30.5 Å². The van der Waals surface area contributed by atoms with Gasteiger partial charge < -0.3 is 10.2 Å². The fourth-order valence-corrected chi connectivity index (χ4v) is 2.82. The Hall–Kier alpha value is -1.55. The zero-order valence-electron chi connectivity index (χ0n) is 10.3. The molecule has 1 fully saturated rings. The maximum Gasteiger partial charge on any atom is 0.182 e. The molecule has 2 aromatic rings. The molecule has 94 valence electrons. The van der Waals surface area contributed by atoms with E-state index in [1.807, 2.05) is 11.6 Å². The van der Waals surface area contributed by atoms with Crippen LogP contribution in [0.15, 0.2) is 35.8 Å². The lowest BCUT2D eigenvalue weighted by Gasteiger charge is -2.17. The van der Waals surface area contributed by atoms with Crippen LogP contribution in [0.3, 0.4) is 0 Å². The zero-order chi connectivity index (χ0) is 12.2. The Bertz CT molecular complexity index is 472. The fourth-order valence-electron chi connectivity index (χ4n) is 2.29. The minimum absolute atomic E-state index is 0.841. The summed E-state index contributed by atoms with van der Waals surface area (Å²) in [5.41, 5.74) is 2.65. The summed E-state index contributed by atoms with van der Waals surface area (Å²) in [6.07, 6.45) is 4.48. The van der Waals surface area contributed by atoms with Crippen molar-refractivity contribution in [3.05, 3.63) is 41.4 Å². The Morgan fingerprint density at radius 1 is 1.17 bits per heavy atom. The molecule has 0 atom stereocenters. The third kappa shape index (κ3) is 2.64. The second kappa shape index (κ2) is 5.40. The lowest BCUT2D eigenvalue weighted by Crippen LogP contribution is -2.17. The number of aromatic nitrogens is 1. The molecule has 1 aromatic heterocycles. The summed E-state index contributed by atoms with van der Waals surface area (Å²) in [5.74, 6) is 0. The minimum Gasteiger partial charge on any atom is -0.372 e. The first-order valence-electron chi connectivity index (χ1n) is 6.39. The zero-order valence-corrected chi connectivity index (χ0v) is 11.1. The third-order valence-electron chi connectivity index (χ3n) is 3.28. The average Bonchev–Trinajstić information content (AvgIpc) is 3.10. The van der Waals surface area contributed by atoms with Gasteiger partial charge in [-0.1, -0.05) is 12.1 Å². The smallest absolute Gasteiger partial charge is 0.182 e. The molecule has 4 heteroatoms. The maximum absolute atomic E-state index is 4.21. The molecule has 0 radical (unpaired) electrons. The van der Waals surface area contributed by atoms with E-state index in [4.69, 9.17) is 0 Å². The van der Waals surface area contributed by atoms with Crippen LogP contribution in [-0.4, -0.2) is 18.1 Å². The summed E-state index contributed by atoms with van der Waals surface area (Å²) >= 11 is 1.64. The van der Waals surface area contributed by atoms with Gasteiger partial charge in [-0.25, -0.2) is 4.98 Å². The third-order valence-corrected chi connectivity index (χ3v) is 4.01. The molecule has 1 aromatic carbocycles. The van der Waals surface area contributed by atoms with Crippen LogP contribution in [0.25, 0.3) is 0 Å². The number of thiazole rings is 1. The van der Waals surface area contributed by atoms with Crippen LogP contribution in [-0.2, 0) is 6.54 Å². The van der Waals surface area contributed by atoms with Gasteiger partial charge in [-0.3, -0.25) is 0 Å². The molecule has 0 aliphatic carbocycles. The predicted molar refractivity (Wildman–Crippen MR) is 77.3 cm³/mol.